The zero-order chi connectivity index (χ0) is 11.8. The molecule has 16 heavy (non-hydrogen) atoms. The first-order chi connectivity index (χ1) is 7.70. The van der Waals surface area contributed by atoms with Crippen molar-refractivity contribution >= 4 is 11.9 Å². The predicted octanol–water partition coefficient (Wildman–Crippen LogP) is 0.471. The van der Waals surface area contributed by atoms with Crippen LogP contribution in [0.3, 0.4) is 0 Å². The third kappa shape index (κ3) is 4.70. The molecule has 6 nitrogen and oxygen atoms in total. The molecular formula is C10H16N4O2. The number of nitrogens with two attached hydrogens (primary N) is 1. The van der Waals surface area contributed by atoms with Gasteiger partial charge >= 0.3 is 5.97 Å². The average molecular weight is 224 g/mol. The van der Waals surface area contributed by atoms with Crippen LogP contribution < -0.4 is 11.1 Å². The Morgan fingerprint density at radius 1 is 1.44 bits per heavy atom. The minimum absolute atomic E-state index is 0.493. The van der Waals surface area contributed by atoms with Crippen molar-refractivity contribution in [1.82, 2.24) is 9.97 Å². The van der Waals surface area contributed by atoms with Crippen molar-refractivity contribution in [2.24, 2.45) is 5.73 Å². The Bertz CT molecular complexity index is 318. The molecule has 0 fully saturated rings. The predicted molar refractivity (Wildman–Crippen MR) is 60.0 cm³/mol. The minimum atomic E-state index is -0.945. The van der Waals surface area contributed by atoms with Gasteiger partial charge in [-0.1, -0.05) is 0 Å². The quantitative estimate of drug-likeness (QED) is 0.582. The topological polar surface area (TPSA) is 101 Å². The van der Waals surface area contributed by atoms with Gasteiger partial charge in [0.05, 0.1) is 0 Å². The van der Waals surface area contributed by atoms with E-state index in [2.05, 4.69) is 15.3 Å². The van der Waals surface area contributed by atoms with Crippen LogP contribution in [0.2, 0.25) is 0 Å². The van der Waals surface area contributed by atoms with Crippen molar-refractivity contribution < 1.29 is 9.90 Å². The van der Waals surface area contributed by atoms with Gasteiger partial charge in [0.25, 0.3) is 0 Å². The van der Waals surface area contributed by atoms with Crippen molar-refractivity contribution in [2.45, 2.75) is 25.3 Å². The number of carboxylic acids is 1. The smallest absolute Gasteiger partial charge is 0.320 e. The molecule has 1 aromatic heterocycles. The first-order valence-corrected chi connectivity index (χ1v) is 5.19. The summed E-state index contributed by atoms with van der Waals surface area (Å²) in [6, 6.07) is 0.991. The summed E-state index contributed by atoms with van der Waals surface area (Å²) < 4.78 is 0. The fourth-order valence-corrected chi connectivity index (χ4v) is 1.20. The summed E-state index contributed by atoms with van der Waals surface area (Å²) >= 11 is 0. The van der Waals surface area contributed by atoms with E-state index in [-0.39, 0.29) is 0 Å². The molecule has 0 spiro atoms. The van der Waals surface area contributed by atoms with Crippen LogP contribution in [0.5, 0.6) is 0 Å². The molecule has 0 aliphatic heterocycles. The Balaban J connectivity index is 2.07. The molecule has 0 amide bonds. The first-order valence-electron chi connectivity index (χ1n) is 5.19. The zero-order valence-corrected chi connectivity index (χ0v) is 8.97. The van der Waals surface area contributed by atoms with E-state index in [1.165, 1.54) is 0 Å². The molecule has 1 unspecified atom stereocenters. The van der Waals surface area contributed by atoms with Gasteiger partial charge in [0.2, 0.25) is 5.95 Å². The van der Waals surface area contributed by atoms with E-state index in [1.807, 2.05) is 0 Å². The lowest BCUT2D eigenvalue weighted by atomic mass is 10.1. The maximum Gasteiger partial charge on any atom is 0.320 e. The number of hydrogen-bond donors (Lipinski definition) is 3. The Morgan fingerprint density at radius 2 is 2.12 bits per heavy atom. The fraction of sp³-hybridized carbons (Fsp3) is 0.500. The van der Waals surface area contributed by atoms with Gasteiger partial charge < -0.3 is 16.2 Å². The molecular weight excluding hydrogens is 208 g/mol. The highest BCUT2D eigenvalue weighted by Gasteiger charge is 2.09. The summed E-state index contributed by atoms with van der Waals surface area (Å²) in [6.45, 7) is 0.719. The van der Waals surface area contributed by atoms with Crippen LogP contribution in [0.15, 0.2) is 18.5 Å². The summed E-state index contributed by atoms with van der Waals surface area (Å²) in [6.07, 6.45) is 5.44. The number of nitrogens with one attached hydrogen (secondary N) is 1. The first kappa shape index (κ1) is 12.4. The molecule has 1 rings (SSSR count). The second-order valence-electron chi connectivity index (χ2n) is 3.44. The molecule has 0 aliphatic rings. The van der Waals surface area contributed by atoms with Crippen LogP contribution in [0.1, 0.15) is 19.3 Å². The monoisotopic (exact) mass is 224 g/mol. The van der Waals surface area contributed by atoms with Crippen molar-refractivity contribution in [1.29, 1.82) is 0 Å². The molecule has 0 saturated heterocycles. The number of carboxylic acid groups (broad SMARTS) is 1. The second-order valence-corrected chi connectivity index (χ2v) is 3.44. The van der Waals surface area contributed by atoms with Gasteiger partial charge in [0, 0.05) is 18.9 Å². The van der Waals surface area contributed by atoms with Crippen molar-refractivity contribution in [3.63, 3.8) is 0 Å². The largest absolute Gasteiger partial charge is 0.480 e. The summed E-state index contributed by atoms with van der Waals surface area (Å²) in [5, 5.41) is 11.6. The lowest BCUT2D eigenvalue weighted by molar-refractivity contribution is -0.138. The molecule has 1 atom stereocenters. The summed E-state index contributed by atoms with van der Waals surface area (Å²) in [5.41, 5.74) is 5.37. The fourth-order valence-electron chi connectivity index (χ4n) is 1.20. The number of aliphatic carboxylic acids is 1. The maximum absolute atomic E-state index is 10.4. The van der Waals surface area contributed by atoms with Crippen LogP contribution in [-0.4, -0.2) is 33.6 Å². The van der Waals surface area contributed by atoms with Crippen LogP contribution in [0, 0.1) is 0 Å². The molecule has 0 bridgehead atoms. The molecule has 0 saturated carbocycles. The molecule has 0 aliphatic carbocycles. The normalized spacial score (nSPS) is 12.1. The highest BCUT2D eigenvalue weighted by atomic mass is 16.4. The molecule has 4 N–H and O–H groups in total. The van der Waals surface area contributed by atoms with Gasteiger partial charge in [-0.05, 0) is 25.3 Å². The van der Waals surface area contributed by atoms with Crippen LogP contribution in [0.4, 0.5) is 5.95 Å². The molecule has 0 aromatic carbocycles. The van der Waals surface area contributed by atoms with E-state index >= 15 is 0 Å². The lowest BCUT2D eigenvalue weighted by Gasteiger charge is -2.06. The van der Waals surface area contributed by atoms with Crippen molar-refractivity contribution in [3.8, 4) is 0 Å². The number of aromatic nitrogens is 2. The minimum Gasteiger partial charge on any atom is -0.480 e. The number of rotatable bonds is 7. The molecule has 0 radical (unpaired) electrons. The van der Waals surface area contributed by atoms with E-state index < -0.39 is 12.0 Å². The SMILES string of the molecule is NC(CCCCNc1ncccn1)C(=O)O. The standard InChI is InChI=1S/C10H16N4O2/c11-8(9(15)16)4-1-2-5-12-10-13-6-3-7-14-10/h3,6-8H,1-2,4-5,11H2,(H,15,16)(H,12,13,14). The third-order valence-corrected chi connectivity index (χ3v) is 2.11. The number of nitrogens with zero attached hydrogens (tertiary/aromatic N) is 2. The highest BCUT2D eigenvalue weighted by Crippen LogP contribution is 2.00. The molecule has 6 heteroatoms. The Kier molecular flexibility index (Phi) is 5.21. The van der Waals surface area contributed by atoms with E-state index in [4.69, 9.17) is 10.8 Å². The van der Waals surface area contributed by atoms with Gasteiger partial charge in [-0.25, -0.2) is 9.97 Å². The van der Waals surface area contributed by atoms with E-state index in [9.17, 15) is 4.79 Å². The second kappa shape index (κ2) is 6.73. The van der Waals surface area contributed by atoms with Gasteiger partial charge in [-0.2, -0.15) is 0 Å². The summed E-state index contributed by atoms with van der Waals surface area (Å²) in [4.78, 5) is 18.4. The number of carbonyl (C=O) groups is 1. The number of unbranched alkanes of at least 4 members (excludes halogenated alkanes) is 1. The van der Waals surface area contributed by atoms with E-state index in [0.29, 0.717) is 12.4 Å². The van der Waals surface area contributed by atoms with Gasteiger partial charge in [0.1, 0.15) is 6.04 Å². The van der Waals surface area contributed by atoms with Crippen molar-refractivity contribution in [3.05, 3.63) is 18.5 Å². The highest BCUT2D eigenvalue weighted by molar-refractivity contribution is 5.72. The molecule has 1 heterocycles. The Labute approximate surface area is 93.9 Å². The molecule has 1 aromatic rings. The van der Waals surface area contributed by atoms with Crippen LogP contribution in [-0.2, 0) is 4.79 Å². The maximum atomic E-state index is 10.4. The van der Waals surface area contributed by atoms with Gasteiger partial charge in [0.15, 0.2) is 0 Å². The Morgan fingerprint density at radius 3 is 2.75 bits per heavy atom. The van der Waals surface area contributed by atoms with E-state index in [1.54, 1.807) is 18.5 Å². The Hall–Kier alpha value is -1.69. The van der Waals surface area contributed by atoms with Crippen LogP contribution >= 0.6 is 0 Å². The van der Waals surface area contributed by atoms with Gasteiger partial charge in [-0.15, -0.1) is 0 Å². The van der Waals surface area contributed by atoms with Gasteiger partial charge in [-0.3, -0.25) is 4.79 Å². The summed E-state index contributed by atoms with van der Waals surface area (Å²) in [5.74, 6) is -0.357. The lowest BCUT2D eigenvalue weighted by Crippen LogP contribution is -2.29. The third-order valence-electron chi connectivity index (χ3n) is 2.11. The van der Waals surface area contributed by atoms with Crippen LogP contribution in [0.25, 0.3) is 0 Å². The number of anilines is 1. The van der Waals surface area contributed by atoms with Crippen molar-refractivity contribution in [2.75, 3.05) is 11.9 Å². The number of hydrogen-bond acceptors (Lipinski definition) is 5. The van der Waals surface area contributed by atoms with E-state index in [0.717, 1.165) is 19.4 Å². The zero-order valence-electron chi connectivity index (χ0n) is 8.97. The average Bonchev–Trinajstić information content (AvgIpc) is 2.29. The summed E-state index contributed by atoms with van der Waals surface area (Å²) in [7, 11) is 0. The molecule has 88 valence electrons.